The van der Waals surface area contributed by atoms with Gasteiger partial charge >= 0.3 is 0 Å². The van der Waals surface area contributed by atoms with Gasteiger partial charge in [-0.2, -0.15) is 4.99 Å². The summed E-state index contributed by atoms with van der Waals surface area (Å²) in [6.45, 7) is 0.585. The lowest BCUT2D eigenvalue weighted by molar-refractivity contribution is -0.114. The second-order valence-corrected chi connectivity index (χ2v) is 6.81. The van der Waals surface area contributed by atoms with Crippen LogP contribution in [-0.4, -0.2) is 26.4 Å². The number of halogens is 1. The van der Waals surface area contributed by atoms with Gasteiger partial charge in [-0.1, -0.05) is 41.6 Å². The second-order valence-electron chi connectivity index (χ2n) is 5.53. The largest absolute Gasteiger partial charge is 0.343 e. The third-order valence-corrected chi connectivity index (χ3v) is 5.09. The molecule has 1 aromatic heterocycles. The molecule has 2 aliphatic heterocycles. The van der Waals surface area contributed by atoms with Gasteiger partial charge in [-0.05, 0) is 35.2 Å². The minimum atomic E-state index is -0.391. The molecule has 7 heteroatoms. The van der Waals surface area contributed by atoms with E-state index in [-0.39, 0.29) is 11.4 Å². The van der Waals surface area contributed by atoms with Crippen LogP contribution < -0.4 is 0 Å². The molecule has 2 aliphatic rings. The number of amidine groups is 2. The van der Waals surface area contributed by atoms with Gasteiger partial charge in [0, 0.05) is 29.7 Å². The highest BCUT2D eigenvalue weighted by molar-refractivity contribution is 8.16. The molecule has 0 saturated carbocycles. The molecule has 0 saturated heterocycles. The Morgan fingerprint density at radius 3 is 2.92 bits per heavy atom. The van der Waals surface area contributed by atoms with E-state index >= 15 is 0 Å². The maximum Gasteiger partial charge on any atom is 0.283 e. The monoisotopic (exact) mass is 368 g/mol. The number of amides is 1. The summed E-state index contributed by atoms with van der Waals surface area (Å²) in [7, 11) is 0. The van der Waals surface area contributed by atoms with Gasteiger partial charge in [0.1, 0.15) is 5.84 Å². The van der Waals surface area contributed by atoms with Crippen LogP contribution in [0.1, 0.15) is 11.3 Å². The van der Waals surface area contributed by atoms with Gasteiger partial charge in [0.05, 0.1) is 5.57 Å². The standard InChI is InChI=1S/C18H13ClN4OS/c19-15-6-2-1-4-12(15)11-22-7-3-5-13(22)10-14-16(20)23-8-9-25-18(23)21-17(14)24/h1-10,20H,11H2/b14-10-,20-16?. The molecule has 0 fully saturated rings. The zero-order valence-electron chi connectivity index (χ0n) is 13.0. The summed E-state index contributed by atoms with van der Waals surface area (Å²) < 4.78 is 1.99. The lowest BCUT2D eigenvalue weighted by Crippen LogP contribution is -2.35. The van der Waals surface area contributed by atoms with Crippen LogP contribution in [0.25, 0.3) is 6.08 Å². The smallest absolute Gasteiger partial charge is 0.283 e. The highest BCUT2D eigenvalue weighted by Gasteiger charge is 2.31. The van der Waals surface area contributed by atoms with Gasteiger partial charge in [0.15, 0.2) is 5.17 Å². The van der Waals surface area contributed by atoms with E-state index in [4.69, 9.17) is 17.0 Å². The number of carbonyl (C=O) groups excluding carboxylic acids is 1. The van der Waals surface area contributed by atoms with Crippen molar-refractivity contribution in [3.05, 3.63) is 76.1 Å². The number of benzene rings is 1. The zero-order valence-corrected chi connectivity index (χ0v) is 14.6. The topological polar surface area (TPSA) is 61.5 Å². The number of thioether (sulfide) groups is 1. The quantitative estimate of drug-likeness (QED) is 0.834. The Kier molecular flexibility index (Phi) is 4.07. The van der Waals surface area contributed by atoms with Crippen molar-refractivity contribution in [1.29, 1.82) is 5.41 Å². The number of nitrogens with one attached hydrogen (secondary N) is 1. The summed E-state index contributed by atoms with van der Waals surface area (Å²) in [5, 5.41) is 11.3. The number of carbonyl (C=O) groups is 1. The zero-order chi connectivity index (χ0) is 17.4. The minimum Gasteiger partial charge on any atom is -0.343 e. The number of hydrogen-bond acceptors (Lipinski definition) is 3. The Labute approximate surface area is 153 Å². The first-order valence-corrected chi connectivity index (χ1v) is 8.84. The molecule has 3 heterocycles. The molecule has 1 aromatic carbocycles. The second kappa shape index (κ2) is 6.38. The molecule has 0 radical (unpaired) electrons. The number of aliphatic imine (C=N–C) groups is 1. The third-order valence-electron chi connectivity index (χ3n) is 3.97. The average molecular weight is 369 g/mol. The molecular weight excluding hydrogens is 356 g/mol. The predicted molar refractivity (Wildman–Crippen MR) is 102 cm³/mol. The van der Waals surface area contributed by atoms with E-state index < -0.39 is 5.91 Å². The molecule has 2 aromatic rings. The molecule has 1 N–H and O–H groups in total. The first-order valence-electron chi connectivity index (χ1n) is 7.58. The first kappa shape index (κ1) is 15.9. The SMILES string of the molecule is N=C1/C(=C/c2cccn2Cc2ccccc2Cl)C(=O)N=C2SC=CN12. The fraction of sp³-hybridized carbons (Fsp3) is 0.0556. The number of fused-ring (bicyclic) bond motifs is 1. The van der Waals surface area contributed by atoms with E-state index in [2.05, 4.69) is 4.99 Å². The summed E-state index contributed by atoms with van der Waals surface area (Å²) in [5.41, 5.74) is 2.08. The molecule has 4 rings (SSSR count). The minimum absolute atomic E-state index is 0.141. The maximum absolute atomic E-state index is 12.3. The van der Waals surface area contributed by atoms with Crippen molar-refractivity contribution in [1.82, 2.24) is 9.47 Å². The van der Waals surface area contributed by atoms with Crippen molar-refractivity contribution < 1.29 is 4.79 Å². The lowest BCUT2D eigenvalue weighted by Gasteiger charge is -2.22. The Morgan fingerprint density at radius 1 is 1.24 bits per heavy atom. The fourth-order valence-electron chi connectivity index (χ4n) is 2.69. The molecule has 1 amide bonds. The number of hydrogen-bond donors (Lipinski definition) is 1. The summed E-state index contributed by atoms with van der Waals surface area (Å²) >= 11 is 7.58. The average Bonchev–Trinajstić information content (AvgIpc) is 3.23. The summed E-state index contributed by atoms with van der Waals surface area (Å²) in [5.74, 6) is -0.250. The van der Waals surface area contributed by atoms with Crippen molar-refractivity contribution in [2.75, 3.05) is 0 Å². The Hall–Kier alpha value is -2.57. The van der Waals surface area contributed by atoms with Gasteiger partial charge in [0.2, 0.25) is 0 Å². The van der Waals surface area contributed by atoms with Gasteiger partial charge in [-0.3, -0.25) is 15.1 Å². The van der Waals surface area contributed by atoms with Crippen LogP contribution in [0.5, 0.6) is 0 Å². The maximum atomic E-state index is 12.3. The summed E-state index contributed by atoms with van der Waals surface area (Å²) in [6, 6.07) is 11.5. The molecule has 0 aliphatic carbocycles. The molecule has 0 bridgehead atoms. The normalized spacial score (nSPS) is 18.0. The van der Waals surface area contributed by atoms with E-state index in [0.717, 1.165) is 11.3 Å². The van der Waals surface area contributed by atoms with Gasteiger partial charge < -0.3 is 4.57 Å². The number of nitrogens with zero attached hydrogens (tertiary/aromatic N) is 3. The van der Waals surface area contributed by atoms with Crippen molar-refractivity contribution in [2.24, 2.45) is 4.99 Å². The Morgan fingerprint density at radius 2 is 2.08 bits per heavy atom. The van der Waals surface area contributed by atoms with Crippen LogP contribution in [0.15, 0.2) is 64.8 Å². The van der Waals surface area contributed by atoms with Crippen molar-refractivity contribution in [3.63, 3.8) is 0 Å². The van der Waals surface area contributed by atoms with Crippen LogP contribution in [-0.2, 0) is 11.3 Å². The molecular formula is C18H13ClN4OS. The molecule has 124 valence electrons. The van der Waals surface area contributed by atoms with E-state index in [1.165, 1.54) is 11.8 Å². The van der Waals surface area contributed by atoms with Crippen LogP contribution in [0.2, 0.25) is 5.02 Å². The van der Waals surface area contributed by atoms with E-state index in [1.807, 2.05) is 52.6 Å². The van der Waals surface area contributed by atoms with Crippen LogP contribution in [0.3, 0.4) is 0 Å². The third kappa shape index (κ3) is 2.94. The Balaban J connectivity index is 1.68. The van der Waals surface area contributed by atoms with Gasteiger partial charge in [-0.15, -0.1) is 0 Å². The molecule has 5 nitrogen and oxygen atoms in total. The summed E-state index contributed by atoms with van der Waals surface area (Å²) in [6.07, 6.45) is 5.38. The van der Waals surface area contributed by atoms with Crippen molar-refractivity contribution in [2.45, 2.75) is 6.54 Å². The van der Waals surface area contributed by atoms with E-state index in [1.54, 1.807) is 17.2 Å². The number of aromatic nitrogens is 1. The van der Waals surface area contributed by atoms with Crippen molar-refractivity contribution >= 4 is 46.3 Å². The first-order chi connectivity index (χ1) is 12.1. The molecule has 0 spiro atoms. The fourth-order valence-corrected chi connectivity index (χ4v) is 3.59. The molecule has 0 unspecified atom stereocenters. The van der Waals surface area contributed by atoms with Crippen LogP contribution >= 0.6 is 23.4 Å². The van der Waals surface area contributed by atoms with E-state index in [9.17, 15) is 4.79 Å². The highest BCUT2D eigenvalue weighted by Crippen LogP contribution is 2.27. The van der Waals surface area contributed by atoms with Crippen molar-refractivity contribution in [3.8, 4) is 0 Å². The molecule has 0 atom stereocenters. The highest BCUT2D eigenvalue weighted by atomic mass is 35.5. The van der Waals surface area contributed by atoms with Gasteiger partial charge in [-0.25, -0.2) is 0 Å². The molecule has 25 heavy (non-hydrogen) atoms. The number of rotatable bonds is 3. The summed E-state index contributed by atoms with van der Waals surface area (Å²) in [4.78, 5) is 18.0. The van der Waals surface area contributed by atoms with Crippen LogP contribution in [0, 0.1) is 5.41 Å². The Bertz CT molecular complexity index is 973. The van der Waals surface area contributed by atoms with Crippen LogP contribution in [0.4, 0.5) is 0 Å². The lowest BCUT2D eigenvalue weighted by atomic mass is 10.1. The predicted octanol–water partition coefficient (Wildman–Crippen LogP) is 3.97. The van der Waals surface area contributed by atoms with E-state index in [0.29, 0.717) is 16.7 Å². The van der Waals surface area contributed by atoms with Gasteiger partial charge in [0.25, 0.3) is 5.91 Å².